The minimum absolute atomic E-state index is 0.0815. The molecule has 0 amide bonds. The molecule has 1 aliphatic rings. The van der Waals surface area contributed by atoms with Gasteiger partial charge in [0.1, 0.15) is 9.52 Å². The standard InChI is InChI=1S/C18H11Cl2FIN3O3/c19-11-3-6-13(14(20)7-11)18(9-25-8-15(22)23-24-25)16(27-17(26)28-18)10-1-4-12(21)5-2-10/h1-8,16H,9H2. The van der Waals surface area contributed by atoms with Crippen molar-refractivity contribution in [1.82, 2.24) is 15.0 Å². The predicted octanol–water partition coefficient (Wildman–Crippen LogP) is 5.13. The Labute approximate surface area is 182 Å². The van der Waals surface area contributed by atoms with Gasteiger partial charge in [0.25, 0.3) is 0 Å². The molecule has 1 aliphatic heterocycles. The summed E-state index contributed by atoms with van der Waals surface area (Å²) >= 11 is 14.5. The van der Waals surface area contributed by atoms with E-state index in [4.69, 9.17) is 32.7 Å². The monoisotopic (exact) mass is 533 g/mol. The lowest BCUT2D eigenvalue weighted by molar-refractivity contribution is 0.00325. The first-order chi connectivity index (χ1) is 13.4. The number of hydrogen-bond donors (Lipinski definition) is 0. The highest BCUT2D eigenvalue weighted by atomic mass is 127. The molecule has 1 fully saturated rings. The molecular weight excluding hydrogens is 523 g/mol. The van der Waals surface area contributed by atoms with Gasteiger partial charge in [-0.1, -0.05) is 46.6 Å². The van der Waals surface area contributed by atoms with Crippen molar-refractivity contribution in [2.24, 2.45) is 0 Å². The van der Waals surface area contributed by atoms with Gasteiger partial charge in [0, 0.05) is 15.6 Å². The summed E-state index contributed by atoms with van der Waals surface area (Å²) in [5, 5.41) is 8.74. The molecule has 4 rings (SSSR count). The fraction of sp³-hybridized carbons (Fsp3) is 0.167. The summed E-state index contributed by atoms with van der Waals surface area (Å²) in [4.78, 5) is 12.2. The van der Waals surface area contributed by atoms with Crippen molar-refractivity contribution in [3.63, 3.8) is 0 Å². The van der Waals surface area contributed by atoms with Gasteiger partial charge < -0.3 is 9.47 Å². The van der Waals surface area contributed by atoms with Gasteiger partial charge in [-0.3, -0.25) is 0 Å². The zero-order chi connectivity index (χ0) is 19.9. The van der Waals surface area contributed by atoms with E-state index in [9.17, 15) is 9.18 Å². The Morgan fingerprint density at radius 1 is 1.21 bits per heavy atom. The van der Waals surface area contributed by atoms with E-state index >= 15 is 0 Å². The largest absolute Gasteiger partial charge is 0.510 e. The second kappa shape index (κ2) is 7.49. The first kappa shape index (κ1) is 19.4. The van der Waals surface area contributed by atoms with Crippen LogP contribution in [0.25, 0.3) is 0 Å². The van der Waals surface area contributed by atoms with Gasteiger partial charge >= 0.3 is 6.16 Å². The molecule has 10 heteroatoms. The Morgan fingerprint density at radius 3 is 2.61 bits per heavy atom. The minimum Gasteiger partial charge on any atom is -0.421 e. The fourth-order valence-electron chi connectivity index (χ4n) is 3.21. The van der Waals surface area contributed by atoms with Crippen LogP contribution in [-0.2, 0) is 21.6 Å². The predicted molar refractivity (Wildman–Crippen MR) is 108 cm³/mol. The Morgan fingerprint density at radius 2 is 1.96 bits per heavy atom. The molecule has 2 atom stereocenters. The molecule has 2 aromatic carbocycles. The van der Waals surface area contributed by atoms with Crippen LogP contribution in [0.1, 0.15) is 17.2 Å². The lowest BCUT2D eigenvalue weighted by atomic mass is 9.84. The smallest absolute Gasteiger partial charge is 0.421 e. The van der Waals surface area contributed by atoms with E-state index in [0.29, 0.717) is 24.9 Å². The summed E-state index contributed by atoms with van der Waals surface area (Å²) in [6.07, 6.45) is -0.0590. The molecule has 3 aromatic rings. The van der Waals surface area contributed by atoms with Gasteiger partial charge in [-0.25, -0.2) is 13.9 Å². The van der Waals surface area contributed by atoms with Crippen LogP contribution < -0.4 is 0 Å². The average Bonchev–Trinajstić information content (AvgIpc) is 3.19. The van der Waals surface area contributed by atoms with Gasteiger partial charge in [-0.2, -0.15) is 0 Å². The van der Waals surface area contributed by atoms with Crippen LogP contribution in [0.5, 0.6) is 0 Å². The maximum absolute atomic E-state index is 13.4. The van der Waals surface area contributed by atoms with E-state index in [0.717, 1.165) is 0 Å². The lowest BCUT2D eigenvalue weighted by Crippen LogP contribution is -2.37. The van der Waals surface area contributed by atoms with E-state index in [1.807, 2.05) is 22.6 Å². The number of carbonyl (C=O) groups excluding carboxylic acids is 1. The second-order valence-electron chi connectivity index (χ2n) is 6.15. The number of halogens is 4. The topological polar surface area (TPSA) is 66.2 Å². The lowest BCUT2D eigenvalue weighted by Gasteiger charge is -2.32. The Balaban J connectivity index is 1.89. The van der Waals surface area contributed by atoms with Crippen LogP contribution in [0.15, 0.2) is 48.7 Å². The van der Waals surface area contributed by atoms with Gasteiger partial charge in [0.15, 0.2) is 6.10 Å². The summed E-state index contributed by atoms with van der Waals surface area (Å²) in [6, 6.07) is 10.5. The SMILES string of the molecule is O=C1OC(c2ccc(F)cc2)C(Cn2cc(I)nn2)(c2ccc(Cl)cc2Cl)O1. The van der Waals surface area contributed by atoms with E-state index in [1.165, 1.54) is 28.9 Å². The Hall–Kier alpha value is -1.91. The third kappa shape index (κ3) is 3.56. The first-order valence-corrected chi connectivity index (χ1v) is 9.87. The number of cyclic esters (lactones) is 2. The number of nitrogens with zero attached hydrogens (tertiary/aromatic N) is 3. The quantitative estimate of drug-likeness (QED) is 0.343. The van der Waals surface area contributed by atoms with Crippen LogP contribution >= 0.6 is 45.8 Å². The van der Waals surface area contributed by atoms with Crippen molar-refractivity contribution >= 4 is 51.9 Å². The molecule has 2 heterocycles. The Bertz CT molecular complexity index is 1050. The van der Waals surface area contributed by atoms with Gasteiger partial charge in [-0.15, -0.1) is 5.10 Å². The molecule has 0 saturated carbocycles. The summed E-state index contributed by atoms with van der Waals surface area (Å²) in [5.41, 5.74) is -0.315. The molecular formula is C18H11Cl2FIN3O3. The molecule has 6 nitrogen and oxygen atoms in total. The van der Waals surface area contributed by atoms with Crippen LogP contribution in [0, 0.1) is 9.52 Å². The van der Waals surface area contributed by atoms with E-state index in [2.05, 4.69) is 10.3 Å². The molecule has 0 N–H and O–H groups in total. The third-order valence-electron chi connectivity index (χ3n) is 4.37. The molecule has 2 unspecified atom stereocenters. The van der Waals surface area contributed by atoms with Gasteiger partial charge in [0.2, 0.25) is 5.60 Å². The zero-order valence-electron chi connectivity index (χ0n) is 14.0. The van der Waals surface area contributed by atoms with Crippen molar-refractivity contribution in [2.45, 2.75) is 18.2 Å². The zero-order valence-corrected chi connectivity index (χ0v) is 17.7. The fourth-order valence-corrected chi connectivity index (χ4v) is 4.20. The van der Waals surface area contributed by atoms with Crippen LogP contribution in [-0.4, -0.2) is 21.1 Å². The van der Waals surface area contributed by atoms with Crippen molar-refractivity contribution < 1.29 is 18.7 Å². The maximum Gasteiger partial charge on any atom is 0.510 e. The molecule has 1 aromatic heterocycles. The highest BCUT2D eigenvalue weighted by Gasteiger charge is 2.55. The van der Waals surface area contributed by atoms with Crippen LogP contribution in [0.4, 0.5) is 9.18 Å². The highest BCUT2D eigenvalue weighted by Crippen LogP contribution is 2.49. The minimum atomic E-state index is -1.35. The van der Waals surface area contributed by atoms with Crippen molar-refractivity contribution in [1.29, 1.82) is 0 Å². The molecule has 0 spiro atoms. The summed E-state index contributed by atoms with van der Waals surface area (Å²) in [7, 11) is 0. The normalized spacial score (nSPS) is 21.4. The highest BCUT2D eigenvalue weighted by molar-refractivity contribution is 14.1. The number of hydrogen-bond acceptors (Lipinski definition) is 5. The maximum atomic E-state index is 13.4. The van der Waals surface area contributed by atoms with Crippen molar-refractivity contribution in [3.05, 3.63) is 79.4 Å². The summed E-state index contributed by atoms with van der Waals surface area (Å²) < 4.78 is 26.8. The van der Waals surface area contributed by atoms with Gasteiger partial charge in [0.05, 0.1) is 12.7 Å². The number of aromatic nitrogens is 3. The second-order valence-corrected chi connectivity index (χ2v) is 8.10. The molecule has 28 heavy (non-hydrogen) atoms. The first-order valence-electron chi connectivity index (χ1n) is 8.04. The molecule has 1 saturated heterocycles. The molecule has 0 bridgehead atoms. The number of benzene rings is 2. The molecule has 144 valence electrons. The summed E-state index contributed by atoms with van der Waals surface area (Å²) in [5.74, 6) is -0.407. The summed E-state index contributed by atoms with van der Waals surface area (Å²) in [6.45, 7) is 0.0815. The van der Waals surface area contributed by atoms with Crippen molar-refractivity contribution in [3.8, 4) is 0 Å². The van der Waals surface area contributed by atoms with Gasteiger partial charge in [-0.05, 0) is 52.4 Å². The van der Waals surface area contributed by atoms with Crippen LogP contribution in [0.3, 0.4) is 0 Å². The van der Waals surface area contributed by atoms with E-state index in [-0.39, 0.29) is 6.54 Å². The average molecular weight is 534 g/mol. The number of carbonyl (C=O) groups is 1. The number of rotatable bonds is 4. The van der Waals surface area contributed by atoms with E-state index < -0.39 is 23.7 Å². The number of ether oxygens (including phenoxy) is 2. The van der Waals surface area contributed by atoms with Crippen LogP contribution in [0.2, 0.25) is 10.0 Å². The molecule has 0 aliphatic carbocycles. The Kier molecular flexibility index (Phi) is 5.19. The van der Waals surface area contributed by atoms with E-state index in [1.54, 1.807) is 24.4 Å². The molecule has 0 radical (unpaired) electrons. The third-order valence-corrected chi connectivity index (χ3v) is 5.41. The van der Waals surface area contributed by atoms with Crippen molar-refractivity contribution in [2.75, 3.05) is 0 Å².